The standard InChI is InChI=1S/C25H24N4O3/c1-2-32-20-15-19(24(30)31)28-29-22(17-7-4-3-5-8-17)21(27-23(20)29)16-9-11-18(12-10-16)25(26)13-6-14-25/h3-5,7-12,15H,2,6,13-14,26H2,1H3,(H,30,31). The Bertz CT molecular complexity index is 1290. The molecule has 3 N–H and O–H groups in total. The maximum atomic E-state index is 11.7. The summed E-state index contributed by atoms with van der Waals surface area (Å²) in [7, 11) is 0. The third-order valence-electron chi connectivity index (χ3n) is 6.10. The summed E-state index contributed by atoms with van der Waals surface area (Å²) in [6, 6.07) is 19.3. The van der Waals surface area contributed by atoms with Crippen LogP contribution in [0, 0.1) is 0 Å². The molecule has 1 fully saturated rings. The minimum atomic E-state index is -1.12. The van der Waals surface area contributed by atoms with E-state index in [1.54, 1.807) is 4.52 Å². The first-order chi connectivity index (χ1) is 15.5. The SMILES string of the molecule is CCOc1cc(C(=O)O)nn2c(-c3ccccc3)c(-c3ccc(C4(N)CCC4)cc3)nc12. The van der Waals surface area contributed by atoms with Gasteiger partial charge in [-0.2, -0.15) is 5.10 Å². The topological polar surface area (TPSA) is 103 Å². The van der Waals surface area contributed by atoms with Crippen molar-refractivity contribution in [3.63, 3.8) is 0 Å². The largest absolute Gasteiger partial charge is 0.490 e. The Morgan fingerprint density at radius 2 is 1.84 bits per heavy atom. The highest BCUT2D eigenvalue weighted by molar-refractivity contribution is 5.88. The average Bonchev–Trinajstić information content (AvgIpc) is 3.18. The fourth-order valence-corrected chi connectivity index (χ4v) is 4.22. The molecule has 0 spiro atoms. The van der Waals surface area contributed by atoms with Crippen molar-refractivity contribution in [1.29, 1.82) is 0 Å². The zero-order chi connectivity index (χ0) is 22.3. The van der Waals surface area contributed by atoms with E-state index in [0.717, 1.165) is 36.0 Å². The zero-order valence-corrected chi connectivity index (χ0v) is 17.8. The Hall–Kier alpha value is -3.71. The molecule has 162 valence electrons. The van der Waals surface area contributed by atoms with Crippen molar-refractivity contribution in [1.82, 2.24) is 14.6 Å². The van der Waals surface area contributed by atoms with Crippen LogP contribution in [-0.4, -0.2) is 32.3 Å². The molecule has 2 aromatic carbocycles. The van der Waals surface area contributed by atoms with E-state index < -0.39 is 5.97 Å². The van der Waals surface area contributed by atoms with Crippen LogP contribution in [0.15, 0.2) is 60.7 Å². The monoisotopic (exact) mass is 428 g/mol. The highest BCUT2D eigenvalue weighted by Gasteiger charge is 2.34. The molecule has 0 unspecified atom stereocenters. The van der Waals surface area contributed by atoms with Gasteiger partial charge in [-0.3, -0.25) is 0 Å². The lowest BCUT2D eigenvalue weighted by molar-refractivity contribution is 0.0688. The Labute approximate surface area is 185 Å². The molecule has 7 heteroatoms. The number of ether oxygens (including phenoxy) is 1. The van der Waals surface area contributed by atoms with E-state index in [9.17, 15) is 9.90 Å². The summed E-state index contributed by atoms with van der Waals surface area (Å²) in [6.45, 7) is 2.23. The number of benzene rings is 2. The maximum Gasteiger partial charge on any atom is 0.356 e. The number of nitrogens with two attached hydrogens (primary N) is 1. The third kappa shape index (κ3) is 3.31. The minimum Gasteiger partial charge on any atom is -0.490 e. The van der Waals surface area contributed by atoms with E-state index in [2.05, 4.69) is 17.2 Å². The quantitative estimate of drug-likeness (QED) is 0.469. The van der Waals surface area contributed by atoms with Crippen molar-refractivity contribution in [3.8, 4) is 28.3 Å². The Kier molecular flexibility index (Phi) is 4.90. The Balaban J connectivity index is 1.74. The summed E-state index contributed by atoms with van der Waals surface area (Å²) < 4.78 is 7.31. The van der Waals surface area contributed by atoms with Gasteiger partial charge in [-0.05, 0) is 31.7 Å². The van der Waals surface area contributed by atoms with Crippen molar-refractivity contribution in [3.05, 3.63) is 71.9 Å². The van der Waals surface area contributed by atoms with E-state index in [4.69, 9.17) is 15.5 Å². The Morgan fingerprint density at radius 3 is 2.44 bits per heavy atom. The number of hydrogen-bond acceptors (Lipinski definition) is 5. The van der Waals surface area contributed by atoms with Gasteiger partial charge in [0.25, 0.3) is 0 Å². The van der Waals surface area contributed by atoms with Gasteiger partial charge in [0.2, 0.25) is 0 Å². The number of nitrogens with zero attached hydrogens (tertiary/aromatic N) is 3. The van der Waals surface area contributed by atoms with Crippen LogP contribution < -0.4 is 10.5 Å². The van der Waals surface area contributed by atoms with Crippen LogP contribution in [0.25, 0.3) is 28.2 Å². The van der Waals surface area contributed by atoms with E-state index in [1.807, 2.05) is 49.4 Å². The molecule has 4 aromatic rings. The fraction of sp³-hybridized carbons (Fsp3) is 0.240. The number of carbonyl (C=O) groups is 1. The summed E-state index contributed by atoms with van der Waals surface area (Å²) in [5.74, 6) is -0.740. The number of fused-ring (bicyclic) bond motifs is 1. The number of aromatic carboxylic acids is 1. The van der Waals surface area contributed by atoms with Crippen molar-refractivity contribution in [2.24, 2.45) is 5.73 Å². The lowest BCUT2D eigenvalue weighted by Gasteiger charge is -2.38. The molecule has 7 nitrogen and oxygen atoms in total. The van der Waals surface area contributed by atoms with Gasteiger partial charge in [-0.1, -0.05) is 54.6 Å². The number of carboxylic acid groups (broad SMARTS) is 1. The highest BCUT2D eigenvalue weighted by Crippen LogP contribution is 2.40. The second-order valence-electron chi connectivity index (χ2n) is 8.13. The van der Waals surface area contributed by atoms with E-state index in [0.29, 0.717) is 29.4 Å². The predicted molar refractivity (Wildman–Crippen MR) is 122 cm³/mol. The first kappa shape index (κ1) is 20.2. The molecule has 0 atom stereocenters. The van der Waals surface area contributed by atoms with Gasteiger partial charge in [-0.15, -0.1) is 0 Å². The molecule has 5 rings (SSSR count). The van der Waals surface area contributed by atoms with Crippen LogP contribution in [0.2, 0.25) is 0 Å². The number of imidazole rings is 1. The van der Waals surface area contributed by atoms with Gasteiger partial charge in [0.05, 0.1) is 12.3 Å². The molecular weight excluding hydrogens is 404 g/mol. The molecule has 1 aliphatic rings. The lowest BCUT2D eigenvalue weighted by Crippen LogP contribution is -2.43. The molecular formula is C25H24N4O3. The van der Waals surface area contributed by atoms with Crippen LogP contribution in [-0.2, 0) is 5.54 Å². The second-order valence-corrected chi connectivity index (χ2v) is 8.13. The molecule has 1 saturated carbocycles. The van der Waals surface area contributed by atoms with Gasteiger partial charge in [0, 0.05) is 22.7 Å². The number of hydrogen-bond donors (Lipinski definition) is 2. The average molecular weight is 428 g/mol. The van der Waals surface area contributed by atoms with Crippen LogP contribution in [0.5, 0.6) is 5.75 Å². The first-order valence-electron chi connectivity index (χ1n) is 10.8. The summed E-state index contributed by atoms with van der Waals surface area (Å²) in [6.07, 6.45) is 3.14. The van der Waals surface area contributed by atoms with Gasteiger partial charge in [-0.25, -0.2) is 14.3 Å². The summed E-state index contributed by atoms with van der Waals surface area (Å²) in [5.41, 5.74) is 11.0. The van der Waals surface area contributed by atoms with Crippen LogP contribution in [0.3, 0.4) is 0 Å². The number of rotatable bonds is 6. The molecule has 2 aromatic heterocycles. The van der Waals surface area contributed by atoms with Crippen LogP contribution >= 0.6 is 0 Å². The van der Waals surface area contributed by atoms with Crippen molar-refractivity contribution >= 4 is 11.6 Å². The van der Waals surface area contributed by atoms with Crippen molar-refractivity contribution in [2.75, 3.05) is 6.61 Å². The molecule has 0 bridgehead atoms. The van der Waals surface area contributed by atoms with Gasteiger partial charge >= 0.3 is 5.97 Å². The van der Waals surface area contributed by atoms with Gasteiger partial charge < -0.3 is 15.6 Å². The van der Waals surface area contributed by atoms with Crippen LogP contribution in [0.4, 0.5) is 0 Å². The normalized spacial score (nSPS) is 14.8. The molecule has 0 saturated heterocycles. The molecule has 1 aliphatic carbocycles. The molecule has 0 amide bonds. The molecule has 0 aliphatic heterocycles. The summed E-state index contributed by atoms with van der Waals surface area (Å²) in [4.78, 5) is 16.6. The van der Waals surface area contributed by atoms with Crippen LogP contribution in [0.1, 0.15) is 42.2 Å². The van der Waals surface area contributed by atoms with Gasteiger partial charge in [0.15, 0.2) is 17.1 Å². The summed E-state index contributed by atoms with van der Waals surface area (Å²) in [5, 5.41) is 14.0. The number of carboxylic acids is 1. The first-order valence-corrected chi connectivity index (χ1v) is 10.8. The third-order valence-corrected chi connectivity index (χ3v) is 6.10. The summed E-state index contributed by atoms with van der Waals surface area (Å²) >= 11 is 0. The second kappa shape index (κ2) is 7.76. The molecule has 0 radical (unpaired) electrons. The number of aromatic nitrogens is 3. The zero-order valence-electron chi connectivity index (χ0n) is 17.8. The highest BCUT2D eigenvalue weighted by atomic mass is 16.5. The predicted octanol–water partition coefficient (Wildman–Crippen LogP) is 4.50. The van der Waals surface area contributed by atoms with E-state index in [-0.39, 0.29) is 11.2 Å². The Morgan fingerprint density at radius 1 is 1.12 bits per heavy atom. The smallest absolute Gasteiger partial charge is 0.356 e. The van der Waals surface area contributed by atoms with E-state index >= 15 is 0 Å². The van der Waals surface area contributed by atoms with Gasteiger partial charge in [0.1, 0.15) is 5.69 Å². The minimum absolute atomic E-state index is 0.104. The van der Waals surface area contributed by atoms with Crippen molar-refractivity contribution < 1.29 is 14.6 Å². The molecule has 2 heterocycles. The van der Waals surface area contributed by atoms with Crippen molar-refractivity contribution in [2.45, 2.75) is 31.7 Å². The fourth-order valence-electron chi connectivity index (χ4n) is 4.22. The maximum absolute atomic E-state index is 11.7. The van der Waals surface area contributed by atoms with E-state index in [1.165, 1.54) is 6.07 Å². The molecule has 32 heavy (non-hydrogen) atoms. The lowest BCUT2D eigenvalue weighted by atomic mass is 9.72.